The Morgan fingerprint density at radius 2 is 2.11 bits per heavy atom. The van der Waals surface area contributed by atoms with Crippen LogP contribution in [0.2, 0.25) is 5.02 Å². The average Bonchev–Trinajstić information content (AvgIpc) is 2.68. The minimum absolute atomic E-state index is 0.170. The van der Waals surface area contributed by atoms with Crippen LogP contribution in [0.25, 0.3) is 0 Å². The fourth-order valence-corrected chi connectivity index (χ4v) is 3.07. The van der Waals surface area contributed by atoms with Crippen molar-refractivity contribution in [1.82, 2.24) is 15.2 Å². The maximum absolute atomic E-state index is 12.3. The van der Waals surface area contributed by atoms with Gasteiger partial charge in [-0.25, -0.2) is 4.98 Å². The SMILES string of the molecule is Cc1cc(Cl)ccc1CNC(=O)c1ccc(OCCN2CCOCC2)nc1. The molecular weight excluding hydrogens is 366 g/mol. The molecule has 1 amide bonds. The molecule has 0 saturated carbocycles. The number of pyridine rings is 1. The van der Waals surface area contributed by atoms with Crippen LogP contribution in [-0.2, 0) is 11.3 Å². The largest absolute Gasteiger partial charge is 0.476 e. The Balaban J connectivity index is 1.45. The van der Waals surface area contributed by atoms with E-state index in [1.807, 2.05) is 25.1 Å². The summed E-state index contributed by atoms with van der Waals surface area (Å²) in [5.41, 5.74) is 2.58. The standard InChI is InChI=1S/C20H24ClN3O3/c1-15-12-18(21)4-2-16(15)13-23-20(25)17-3-5-19(22-14-17)27-11-8-24-6-9-26-10-7-24/h2-5,12,14H,6-11,13H2,1H3,(H,23,25). The minimum Gasteiger partial charge on any atom is -0.476 e. The molecule has 6 nitrogen and oxygen atoms in total. The van der Waals surface area contributed by atoms with E-state index in [1.54, 1.807) is 12.1 Å². The number of morpholine rings is 1. The highest BCUT2D eigenvalue weighted by Gasteiger charge is 2.11. The summed E-state index contributed by atoms with van der Waals surface area (Å²) in [6.45, 7) is 7.24. The van der Waals surface area contributed by atoms with E-state index < -0.39 is 0 Å². The molecule has 1 saturated heterocycles. The van der Waals surface area contributed by atoms with Crippen LogP contribution in [0.1, 0.15) is 21.5 Å². The quantitative estimate of drug-likeness (QED) is 0.788. The van der Waals surface area contributed by atoms with Gasteiger partial charge in [0.2, 0.25) is 5.88 Å². The Morgan fingerprint density at radius 3 is 2.81 bits per heavy atom. The number of rotatable bonds is 7. The van der Waals surface area contributed by atoms with Gasteiger partial charge in [0.15, 0.2) is 0 Å². The third-order valence-electron chi connectivity index (χ3n) is 4.50. The van der Waals surface area contributed by atoms with Crippen LogP contribution >= 0.6 is 11.6 Å². The third-order valence-corrected chi connectivity index (χ3v) is 4.74. The molecule has 0 atom stereocenters. The number of hydrogen-bond donors (Lipinski definition) is 1. The molecule has 1 N–H and O–H groups in total. The molecule has 0 aliphatic carbocycles. The zero-order chi connectivity index (χ0) is 19.1. The molecule has 144 valence electrons. The van der Waals surface area contributed by atoms with E-state index >= 15 is 0 Å². The molecule has 0 unspecified atom stereocenters. The molecule has 1 aromatic heterocycles. The second-order valence-corrected chi connectivity index (χ2v) is 6.88. The highest BCUT2D eigenvalue weighted by molar-refractivity contribution is 6.30. The lowest BCUT2D eigenvalue weighted by atomic mass is 10.1. The maximum atomic E-state index is 12.3. The van der Waals surface area contributed by atoms with E-state index in [1.165, 1.54) is 6.20 Å². The molecule has 7 heteroatoms. The van der Waals surface area contributed by atoms with Gasteiger partial charge in [-0.1, -0.05) is 17.7 Å². The molecule has 1 aliphatic rings. The third kappa shape index (κ3) is 5.92. The van der Waals surface area contributed by atoms with Crippen molar-refractivity contribution < 1.29 is 14.3 Å². The van der Waals surface area contributed by atoms with E-state index in [0.717, 1.165) is 44.0 Å². The summed E-state index contributed by atoms with van der Waals surface area (Å²) >= 11 is 5.95. The summed E-state index contributed by atoms with van der Waals surface area (Å²) < 4.78 is 11.0. The van der Waals surface area contributed by atoms with Crippen LogP contribution < -0.4 is 10.1 Å². The van der Waals surface area contributed by atoms with E-state index in [-0.39, 0.29) is 5.91 Å². The molecular formula is C20H24ClN3O3. The van der Waals surface area contributed by atoms with Gasteiger partial charge in [-0.05, 0) is 36.2 Å². The summed E-state index contributed by atoms with van der Waals surface area (Å²) in [5.74, 6) is 0.352. The summed E-state index contributed by atoms with van der Waals surface area (Å²) in [4.78, 5) is 18.8. The number of amides is 1. The molecule has 2 heterocycles. The lowest BCUT2D eigenvalue weighted by Crippen LogP contribution is -2.38. The molecule has 27 heavy (non-hydrogen) atoms. The topological polar surface area (TPSA) is 63.7 Å². The van der Waals surface area contributed by atoms with Crippen LogP contribution in [-0.4, -0.2) is 55.2 Å². The first-order valence-corrected chi connectivity index (χ1v) is 9.42. The van der Waals surface area contributed by atoms with E-state index in [4.69, 9.17) is 21.1 Å². The fourth-order valence-electron chi connectivity index (χ4n) is 2.84. The van der Waals surface area contributed by atoms with Crippen molar-refractivity contribution >= 4 is 17.5 Å². The van der Waals surface area contributed by atoms with Crippen LogP contribution in [0, 0.1) is 6.92 Å². The highest BCUT2D eigenvalue weighted by Crippen LogP contribution is 2.15. The minimum atomic E-state index is -0.170. The Labute approximate surface area is 164 Å². The second kappa shape index (κ2) is 9.69. The average molecular weight is 390 g/mol. The molecule has 2 aromatic rings. The van der Waals surface area contributed by atoms with Crippen LogP contribution in [0.4, 0.5) is 0 Å². The maximum Gasteiger partial charge on any atom is 0.253 e. The van der Waals surface area contributed by atoms with Crippen LogP contribution in [0.15, 0.2) is 36.5 Å². The monoisotopic (exact) mass is 389 g/mol. The van der Waals surface area contributed by atoms with Crippen molar-refractivity contribution in [3.63, 3.8) is 0 Å². The molecule has 1 aromatic carbocycles. The number of aromatic nitrogens is 1. The van der Waals surface area contributed by atoms with Crippen LogP contribution in [0.3, 0.4) is 0 Å². The summed E-state index contributed by atoms with van der Waals surface area (Å²) in [6, 6.07) is 9.07. The van der Waals surface area contributed by atoms with E-state index in [0.29, 0.717) is 29.6 Å². The first-order chi connectivity index (χ1) is 13.1. The van der Waals surface area contributed by atoms with Gasteiger partial charge >= 0.3 is 0 Å². The number of halogens is 1. The Kier molecular flexibility index (Phi) is 7.04. The second-order valence-electron chi connectivity index (χ2n) is 6.44. The summed E-state index contributed by atoms with van der Waals surface area (Å²) in [7, 11) is 0. The zero-order valence-electron chi connectivity index (χ0n) is 15.4. The van der Waals surface area contributed by atoms with Crippen molar-refractivity contribution in [3.8, 4) is 5.88 Å². The number of ether oxygens (including phenoxy) is 2. The number of carbonyl (C=O) groups is 1. The first-order valence-electron chi connectivity index (χ1n) is 9.04. The lowest BCUT2D eigenvalue weighted by Gasteiger charge is -2.26. The van der Waals surface area contributed by atoms with Crippen molar-refractivity contribution in [2.45, 2.75) is 13.5 Å². The number of carbonyl (C=O) groups excluding carboxylic acids is 1. The molecule has 1 aliphatic heterocycles. The van der Waals surface area contributed by atoms with E-state index in [9.17, 15) is 4.79 Å². The number of hydrogen-bond acceptors (Lipinski definition) is 5. The highest BCUT2D eigenvalue weighted by atomic mass is 35.5. The summed E-state index contributed by atoms with van der Waals surface area (Å²) in [6.07, 6.45) is 1.54. The van der Waals surface area contributed by atoms with Gasteiger partial charge in [-0.3, -0.25) is 9.69 Å². The molecule has 1 fully saturated rings. The number of nitrogens with one attached hydrogen (secondary N) is 1. The Bertz CT molecular complexity index is 762. The van der Waals surface area contributed by atoms with Crippen LogP contribution in [0.5, 0.6) is 5.88 Å². The Hall–Kier alpha value is -2.15. The van der Waals surface area contributed by atoms with Gasteiger partial charge in [0.25, 0.3) is 5.91 Å². The lowest BCUT2D eigenvalue weighted by molar-refractivity contribution is 0.0320. The van der Waals surface area contributed by atoms with Gasteiger partial charge in [-0.2, -0.15) is 0 Å². The zero-order valence-corrected chi connectivity index (χ0v) is 16.2. The molecule has 0 radical (unpaired) electrons. The number of nitrogens with zero attached hydrogens (tertiary/aromatic N) is 2. The normalized spacial score (nSPS) is 14.7. The van der Waals surface area contributed by atoms with Crippen molar-refractivity contribution in [2.24, 2.45) is 0 Å². The number of aryl methyl sites for hydroxylation is 1. The predicted octanol–water partition coefficient (Wildman–Crippen LogP) is 2.68. The van der Waals surface area contributed by atoms with Crippen molar-refractivity contribution in [1.29, 1.82) is 0 Å². The van der Waals surface area contributed by atoms with Crippen molar-refractivity contribution in [3.05, 3.63) is 58.2 Å². The fraction of sp³-hybridized carbons (Fsp3) is 0.400. The molecule has 0 spiro atoms. The number of benzene rings is 1. The van der Waals surface area contributed by atoms with Gasteiger partial charge in [0.1, 0.15) is 6.61 Å². The van der Waals surface area contributed by atoms with Gasteiger partial charge in [0, 0.05) is 43.5 Å². The Morgan fingerprint density at radius 1 is 1.30 bits per heavy atom. The molecule has 3 rings (SSSR count). The van der Waals surface area contributed by atoms with Crippen molar-refractivity contribution in [2.75, 3.05) is 39.5 Å². The first kappa shape index (κ1) is 19.6. The van der Waals surface area contributed by atoms with Gasteiger partial charge in [-0.15, -0.1) is 0 Å². The summed E-state index contributed by atoms with van der Waals surface area (Å²) in [5, 5.41) is 3.59. The predicted molar refractivity (Wildman–Crippen MR) is 104 cm³/mol. The smallest absolute Gasteiger partial charge is 0.253 e. The molecule has 0 bridgehead atoms. The van der Waals surface area contributed by atoms with E-state index in [2.05, 4.69) is 15.2 Å². The van der Waals surface area contributed by atoms with Gasteiger partial charge in [0.05, 0.1) is 18.8 Å². The van der Waals surface area contributed by atoms with Gasteiger partial charge < -0.3 is 14.8 Å².